The second-order valence-electron chi connectivity index (χ2n) is 9.05. The summed E-state index contributed by atoms with van der Waals surface area (Å²) in [6.07, 6.45) is 8.47. The van der Waals surface area contributed by atoms with Crippen molar-refractivity contribution in [1.29, 1.82) is 0 Å². The monoisotopic (exact) mass is 423 g/mol. The van der Waals surface area contributed by atoms with Crippen LogP contribution in [0.2, 0.25) is 0 Å². The van der Waals surface area contributed by atoms with Crippen LogP contribution in [0.25, 0.3) is 0 Å². The van der Waals surface area contributed by atoms with Crippen LogP contribution in [0.4, 0.5) is 5.95 Å². The van der Waals surface area contributed by atoms with Gasteiger partial charge in [0.15, 0.2) is 0 Å². The average molecular weight is 424 g/mol. The van der Waals surface area contributed by atoms with Gasteiger partial charge >= 0.3 is 0 Å². The number of likely N-dealkylation sites (N-methyl/N-ethyl adjacent to an activating group) is 1. The molecule has 2 saturated heterocycles. The van der Waals surface area contributed by atoms with Crippen LogP contribution in [0.1, 0.15) is 58.6 Å². The van der Waals surface area contributed by atoms with Gasteiger partial charge in [0.05, 0.1) is 11.3 Å². The molecule has 0 N–H and O–H groups in total. The molecule has 9 heteroatoms. The third kappa shape index (κ3) is 3.36. The molecule has 0 aliphatic carbocycles. The molecule has 2 aromatic heterocycles. The van der Waals surface area contributed by atoms with Crippen LogP contribution in [-0.4, -0.2) is 81.1 Å². The van der Waals surface area contributed by atoms with Crippen LogP contribution >= 0.6 is 0 Å². The lowest BCUT2D eigenvalue weighted by molar-refractivity contribution is 0.0534. The molecule has 0 unspecified atom stereocenters. The number of carbonyl (C=O) groups is 2. The molecule has 0 saturated carbocycles. The zero-order chi connectivity index (χ0) is 21.6. The predicted molar refractivity (Wildman–Crippen MR) is 115 cm³/mol. The molecule has 3 aliphatic heterocycles. The fourth-order valence-corrected chi connectivity index (χ4v) is 5.26. The van der Waals surface area contributed by atoms with Gasteiger partial charge in [0.1, 0.15) is 5.69 Å². The summed E-state index contributed by atoms with van der Waals surface area (Å²) in [6, 6.07) is 1.76. The van der Waals surface area contributed by atoms with Gasteiger partial charge in [-0.25, -0.2) is 9.97 Å². The van der Waals surface area contributed by atoms with Crippen molar-refractivity contribution in [2.24, 2.45) is 7.05 Å². The molecule has 0 radical (unpaired) electrons. The minimum Gasteiger partial charge on any atom is -0.341 e. The summed E-state index contributed by atoms with van der Waals surface area (Å²) in [4.78, 5) is 41.3. The van der Waals surface area contributed by atoms with Crippen LogP contribution in [-0.2, 0) is 12.5 Å². The first-order chi connectivity index (χ1) is 15.0. The minimum absolute atomic E-state index is 0.00649. The SMILES string of the molecule is CN1CC2(CCN(C(=O)c3ccnn3C)CC2)c2nc(N3CCCCC3)ncc2C1=O. The highest BCUT2D eigenvalue weighted by Gasteiger charge is 2.46. The maximum absolute atomic E-state index is 12.9. The minimum atomic E-state index is -0.241. The second-order valence-corrected chi connectivity index (χ2v) is 9.05. The third-order valence-electron chi connectivity index (χ3n) is 7.08. The van der Waals surface area contributed by atoms with E-state index in [1.165, 1.54) is 6.42 Å². The van der Waals surface area contributed by atoms with Crippen molar-refractivity contribution in [3.8, 4) is 0 Å². The number of piperidine rings is 2. The van der Waals surface area contributed by atoms with Gasteiger partial charge < -0.3 is 14.7 Å². The van der Waals surface area contributed by atoms with Crippen LogP contribution in [0.3, 0.4) is 0 Å². The number of carbonyl (C=O) groups excluding carboxylic acids is 2. The highest BCUT2D eigenvalue weighted by atomic mass is 16.2. The molecular weight excluding hydrogens is 394 g/mol. The summed E-state index contributed by atoms with van der Waals surface area (Å²) in [6.45, 7) is 3.82. The van der Waals surface area contributed by atoms with E-state index in [-0.39, 0.29) is 17.2 Å². The Bertz CT molecular complexity index is 1000. The lowest BCUT2D eigenvalue weighted by Crippen LogP contribution is -2.54. The predicted octanol–water partition coefficient (Wildman–Crippen LogP) is 1.46. The van der Waals surface area contributed by atoms with E-state index in [1.54, 1.807) is 35.1 Å². The Morgan fingerprint density at radius 1 is 1.06 bits per heavy atom. The number of likely N-dealkylation sites (tertiary alicyclic amines) is 1. The molecule has 3 aliphatic rings. The van der Waals surface area contributed by atoms with Crippen molar-refractivity contribution in [2.75, 3.05) is 44.7 Å². The Hall–Kier alpha value is -2.97. The smallest absolute Gasteiger partial charge is 0.272 e. The highest BCUT2D eigenvalue weighted by molar-refractivity contribution is 5.97. The van der Waals surface area contributed by atoms with Gasteiger partial charge in [-0.1, -0.05) is 0 Å². The summed E-state index contributed by atoms with van der Waals surface area (Å²) < 4.78 is 1.62. The Kier molecular flexibility index (Phi) is 4.91. The van der Waals surface area contributed by atoms with E-state index in [2.05, 4.69) is 15.0 Å². The first kappa shape index (κ1) is 20.0. The van der Waals surface area contributed by atoms with Gasteiger partial charge in [0, 0.05) is 64.6 Å². The van der Waals surface area contributed by atoms with E-state index in [9.17, 15) is 9.59 Å². The first-order valence-corrected chi connectivity index (χ1v) is 11.1. The normalized spacial score (nSPS) is 20.8. The Morgan fingerprint density at radius 2 is 1.81 bits per heavy atom. The molecule has 5 rings (SSSR count). The van der Waals surface area contributed by atoms with Crippen molar-refractivity contribution in [2.45, 2.75) is 37.5 Å². The number of amides is 2. The van der Waals surface area contributed by atoms with Crippen molar-refractivity contribution in [1.82, 2.24) is 29.5 Å². The molecule has 1 spiro atoms. The van der Waals surface area contributed by atoms with Crippen molar-refractivity contribution < 1.29 is 9.59 Å². The number of aromatic nitrogens is 4. The molecular formula is C22H29N7O2. The Morgan fingerprint density at radius 3 is 2.48 bits per heavy atom. The molecule has 2 aromatic rings. The molecule has 31 heavy (non-hydrogen) atoms. The van der Waals surface area contributed by atoms with E-state index in [4.69, 9.17) is 4.98 Å². The summed E-state index contributed by atoms with van der Waals surface area (Å²) in [5.74, 6) is 0.731. The fraction of sp³-hybridized carbons (Fsp3) is 0.591. The van der Waals surface area contributed by atoms with Crippen LogP contribution in [0.5, 0.6) is 0 Å². The number of anilines is 1. The van der Waals surface area contributed by atoms with Gasteiger partial charge in [-0.05, 0) is 38.2 Å². The lowest BCUT2D eigenvalue weighted by atomic mass is 9.71. The standard InChI is InChI=1S/C22H29N7O2/c1-26-15-22(7-12-28(13-8-22)20(31)17-6-9-24-27(17)2)18-16(19(26)30)14-23-21(25-18)29-10-4-3-5-11-29/h6,9,14H,3-5,7-8,10-13,15H2,1-2H3. The topological polar surface area (TPSA) is 87.5 Å². The summed E-state index contributed by atoms with van der Waals surface area (Å²) >= 11 is 0. The maximum Gasteiger partial charge on any atom is 0.272 e. The quantitative estimate of drug-likeness (QED) is 0.727. The van der Waals surface area contributed by atoms with Gasteiger partial charge in [0.25, 0.3) is 11.8 Å². The van der Waals surface area contributed by atoms with E-state index >= 15 is 0 Å². The molecule has 0 bridgehead atoms. The number of nitrogens with zero attached hydrogens (tertiary/aromatic N) is 7. The maximum atomic E-state index is 12.9. The summed E-state index contributed by atoms with van der Waals surface area (Å²) in [5, 5.41) is 4.12. The number of aryl methyl sites for hydroxylation is 1. The zero-order valence-corrected chi connectivity index (χ0v) is 18.3. The molecule has 164 valence electrons. The molecule has 0 atom stereocenters. The number of rotatable bonds is 2. The van der Waals surface area contributed by atoms with Gasteiger partial charge in [-0.3, -0.25) is 14.3 Å². The van der Waals surface area contributed by atoms with Crippen LogP contribution in [0.15, 0.2) is 18.5 Å². The Balaban J connectivity index is 1.43. The van der Waals surface area contributed by atoms with Gasteiger partial charge in [-0.15, -0.1) is 0 Å². The van der Waals surface area contributed by atoms with E-state index in [0.717, 1.165) is 50.4 Å². The van der Waals surface area contributed by atoms with Crippen molar-refractivity contribution in [3.63, 3.8) is 0 Å². The lowest BCUT2D eigenvalue weighted by Gasteiger charge is -2.46. The van der Waals surface area contributed by atoms with Gasteiger partial charge in [-0.2, -0.15) is 5.10 Å². The largest absolute Gasteiger partial charge is 0.341 e. The third-order valence-corrected chi connectivity index (χ3v) is 7.08. The molecule has 0 aromatic carbocycles. The summed E-state index contributed by atoms with van der Waals surface area (Å²) in [5.41, 5.74) is 1.84. The second kappa shape index (κ2) is 7.62. The van der Waals surface area contributed by atoms with E-state index < -0.39 is 0 Å². The average Bonchev–Trinajstić information content (AvgIpc) is 3.24. The number of fused-ring (bicyclic) bond motifs is 2. The molecule has 9 nitrogen and oxygen atoms in total. The Labute approximate surface area is 182 Å². The fourth-order valence-electron chi connectivity index (χ4n) is 5.26. The van der Waals surface area contributed by atoms with E-state index in [1.807, 2.05) is 11.9 Å². The van der Waals surface area contributed by atoms with Crippen LogP contribution < -0.4 is 4.90 Å². The molecule has 2 fully saturated rings. The molecule has 5 heterocycles. The van der Waals surface area contributed by atoms with Crippen molar-refractivity contribution >= 4 is 17.8 Å². The molecule has 2 amide bonds. The summed E-state index contributed by atoms with van der Waals surface area (Å²) in [7, 11) is 3.63. The van der Waals surface area contributed by atoms with E-state index in [0.29, 0.717) is 30.9 Å². The first-order valence-electron chi connectivity index (χ1n) is 11.1. The van der Waals surface area contributed by atoms with Crippen LogP contribution in [0, 0.1) is 0 Å². The number of hydrogen-bond acceptors (Lipinski definition) is 6. The number of hydrogen-bond donors (Lipinski definition) is 0. The van der Waals surface area contributed by atoms with Gasteiger partial charge in [0.2, 0.25) is 5.95 Å². The highest BCUT2D eigenvalue weighted by Crippen LogP contribution is 2.41. The van der Waals surface area contributed by atoms with Crippen molar-refractivity contribution in [3.05, 3.63) is 35.4 Å². The zero-order valence-electron chi connectivity index (χ0n) is 18.3.